The zero-order valence-corrected chi connectivity index (χ0v) is 18.9. The number of amides is 1. The molecule has 4 rings (SSSR count). The Labute approximate surface area is 181 Å². The lowest BCUT2D eigenvalue weighted by Crippen LogP contribution is -2.43. The minimum absolute atomic E-state index is 0.217. The molecule has 1 fully saturated rings. The third kappa shape index (κ3) is 3.87. The van der Waals surface area contributed by atoms with Crippen LogP contribution in [0, 0.1) is 6.92 Å². The molecule has 1 saturated heterocycles. The highest BCUT2D eigenvalue weighted by atomic mass is 32.2. The fourth-order valence-electron chi connectivity index (χ4n) is 3.81. The lowest BCUT2D eigenvalue weighted by molar-refractivity contribution is -0.119. The highest BCUT2D eigenvalue weighted by Gasteiger charge is 2.39. The number of nitrogens with one attached hydrogen (secondary N) is 1. The highest BCUT2D eigenvalue weighted by molar-refractivity contribution is 7.89. The van der Waals surface area contributed by atoms with Gasteiger partial charge in [0.15, 0.2) is 5.13 Å². The van der Waals surface area contributed by atoms with Gasteiger partial charge in [-0.2, -0.15) is 4.31 Å². The van der Waals surface area contributed by atoms with Gasteiger partial charge in [0.05, 0.1) is 15.1 Å². The maximum atomic E-state index is 13.1. The Morgan fingerprint density at radius 1 is 1.20 bits per heavy atom. The molecule has 0 saturated carbocycles. The summed E-state index contributed by atoms with van der Waals surface area (Å²) < 4.78 is 28.5. The van der Waals surface area contributed by atoms with Crippen molar-refractivity contribution in [2.75, 3.05) is 11.9 Å². The molecule has 0 radical (unpaired) electrons. The highest BCUT2D eigenvalue weighted by Crippen LogP contribution is 2.33. The van der Waals surface area contributed by atoms with E-state index in [1.54, 1.807) is 24.3 Å². The number of carbonyl (C=O) groups is 1. The number of carbonyl (C=O) groups excluding carboxylic acids is 1. The van der Waals surface area contributed by atoms with Crippen molar-refractivity contribution >= 4 is 42.6 Å². The summed E-state index contributed by atoms with van der Waals surface area (Å²) in [6.07, 6.45) is 1.15. The first kappa shape index (κ1) is 21.0. The monoisotopic (exact) mass is 443 g/mol. The lowest BCUT2D eigenvalue weighted by atomic mass is 10.0. The summed E-state index contributed by atoms with van der Waals surface area (Å²) >= 11 is 1.41. The van der Waals surface area contributed by atoms with Crippen LogP contribution in [0.2, 0.25) is 0 Å². The zero-order valence-electron chi connectivity index (χ0n) is 17.3. The smallest absolute Gasteiger partial charge is 0.244 e. The van der Waals surface area contributed by atoms with Gasteiger partial charge in [0.2, 0.25) is 15.9 Å². The van der Waals surface area contributed by atoms with Crippen molar-refractivity contribution in [3.8, 4) is 0 Å². The van der Waals surface area contributed by atoms with Gasteiger partial charge in [-0.25, -0.2) is 13.4 Å². The van der Waals surface area contributed by atoms with Crippen LogP contribution in [-0.2, 0) is 14.8 Å². The first-order chi connectivity index (χ1) is 14.3. The molecule has 30 heavy (non-hydrogen) atoms. The van der Waals surface area contributed by atoms with E-state index >= 15 is 0 Å². The topological polar surface area (TPSA) is 79.4 Å². The van der Waals surface area contributed by atoms with Crippen molar-refractivity contribution in [2.24, 2.45) is 0 Å². The summed E-state index contributed by atoms with van der Waals surface area (Å²) in [5, 5.41) is 3.37. The van der Waals surface area contributed by atoms with Crippen LogP contribution in [0.3, 0.4) is 0 Å². The predicted octanol–water partition coefficient (Wildman–Crippen LogP) is 4.52. The Kier molecular flexibility index (Phi) is 5.65. The number of benzene rings is 2. The zero-order chi connectivity index (χ0) is 21.5. The van der Waals surface area contributed by atoms with Crippen molar-refractivity contribution in [1.29, 1.82) is 0 Å². The molecular formula is C22H25N3O3S2. The average Bonchev–Trinajstić information content (AvgIpc) is 3.35. The van der Waals surface area contributed by atoms with Crippen LogP contribution >= 0.6 is 11.3 Å². The molecule has 1 aliphatic heterocycles. The SMILES string of the molecule is Cc1ccc(S(=O)(=O)N2CCCC2C(=O)Nc2nc3c(C(C)C)cccc3s2)cc1. The largest absolute Gasteiger partial charge is 0.301 e. The first-order valence-corrected chi connectivity index (χ1v) is 12.3. The standard InChI is InChI=1S/C22H25N3O3S2/c1-14(2)17-6-4-8-19-20(17)23-22(29-19)24-21(26)18-7-5-13-25(18)30(27,28)16-11-9-15(3)10-12-16/h4,6,8-12,14,18H,5,7,13H2,1-3H3,(H,23,24,26). The molecule has 8 heteroatoms. The molecule has 0 spiro atoms. The number of sulfonamides is 1. The number of fused-ring (bicyclic) bond motifs is 1. The van der Waals surface area contributed by atoms with Crippen LogP contribution in [0.5, 0.6) is 0 Å². The number of anilines is 1. The number of rotatable bonds is 5. The molecule has 1 aromatic heterocycles. The third-order valence-electron chi connectivity index (χ3n) is 5.44. The van der Waals surface area contributed by atoms with Gasteiger partial charge >= 0.3 is 0 Å². The molecule has 0 bridgehead atoms. The van der Waals surface area contributed by atoms with Crippen LogP contribution in [0.15, 0.2) is 47.4 Å². The number of aryl methyl sites for hydroxylation is 1. The molecule has 1 N–H and O–H groups in total. The molecule has 0 aliphatic carbocycles. The van der Waals surface area contributed by atoms with E-state index in [0.29, 0.717) is 30.4 Å². The lowest BCUT2D eigenvalue weighted by Gasteiger charge is -2.23. The number of thiazole rings is 1. The summed E-state index contributed by atoms with van der Waals surface area (Å²) in [6, 6.07) is 12.0. The first-order valence-electron chi connectivity index (χ1n) is 10.1. The van der Waals surface area contributed by atoms with Gasteiger partial charge in [-0.15, -0.1) is 0 Å². The van der Waals surface area contributed by atoms with E-state index in [9.17, 15) is 13.2 Å². The van der Waals surface area contributed by atoms with E-state index in [-0.39, 0.29) is 10.8 Å². The third-order valence-corrected chi connectivity index (χ3v) is 8.29. The predicted molar refractivity (Wildman–Crippen MR) is 120 cm³/mol. The van der Waals surface area contributed by atoms with E-state index < -0.39 is 16.1 Å². The second-order valence-corrected chi connectivity index (χ2v) is 10.9. The molecule has 1 aliphatic rings. The number of aromatic nitrogens is 1. The minimum Gasteiger partial charge on any atom is -0.301 e. The summed E-state index contributed by atoms with van der Waals surface area (Å²) in [7, 11) is -3.73. The maximum absolute atomic E-state index is 13.1. The van der Waals surface area contributed by atoms with Gasteiger partial charge in [-0.1, -0.05) is 55.0 Å². The normalized spacial score (nSPS) is 17.7. The van der Waals surface area contributed by atoms with Gasteiger partial charge in [-0.3, -0.25) is 4.79 Å². The molecule has 158 valence electrons. The summed E-state index contributed by atoms with van der Waals surface area (Å²) in [4.78, 5) is 17.8. The Morgan fingerprint density at radius 3 is 2.63 bits per heavy atom. The van der Waals surface area contributed by atoms with E-state index in [0.717, 1.165) is 21.3 Å². The molecule has 1 unspecified atom stereocenters. The fraction of sp³-hybridized carbons (Fsp3) is 0.364. The number of nitrogens with zero attached hydrogens (tertiary/aromatic N) is 2. The maximum Gasteiger partial charge on any atom is 0.244 e. The molecule has 2 aromatic carbocycles. The second kappa shape index (κ2) is 8.09. The van der Waals surface area contributed by atoms with Gasteiger partial charge < -0.3 is 5.32 Å². The van der Waals surface area contributed by atoms with Crippen molar-refractivity contribution in [3.05, 3.63) is 53.6 Å². The Morgan fingerprint density at radius 2 is 1.93 bits per heavy atom. The molecule has 1 amide bonds. The molecule has 6 nitrogen and oxygen atoms in total. The molecule has 3 aromatic rings. The number of hydrogen-bond acceptors (Lipinski definition) is 5. The molecule has 1 atom stereocenters. The van der Waals surface area contributed by atoms with Gasteiger partial charge in [0.1, 0.15) is 6.04 Å². The van der Waals surface area contributed by atoms with Crippen LogP contribution < -0.4 is 5.32 Å². The van der Waals surface area contributed by atoms with Crippen LogP contribution in [0.1, 0.15) is 43.7 Å². The molecule has 2 heterocycles. The van der Waals surface area contributed by atoms with E-state index in [4.69, 9.17) is 0 Å². The number of hydrogen-bond donors (Lipinski definition) is 1. The van der Waals surface area contributed by atoms with Gasteiger partial charge in [0, 0.05) is 6.54 Å². The van der Waals surface area contributed by atoms with Crippen molar-refractivity contribution in [1.82, 2.24) is 9.29 Å². The van der Waals surface area contributed by atoms with Crippen molar-refractivity contribution in [3.63, 3.8) is 0 Å². The Bertz CT molecular complexity index is 1180. The number of para-hydroxylation sites is 1. The van der Waals surface area contributed by atoms with E-state index in [1.807, 2.05) is 25.1 Å². The Balaban J connectivity index is 1.58. The summed E-state index contributed by atoms with van der Waals surface area (Å²) in [5.74, 6) is -0.00216. The van der Waals surface area contributed by atoms with Crippen molar-refractivity contribution in [2.45, 2.75) is 50.5 Å². The summed E-state index contributed by atoms with van der Waals surface area (Å²) in [6.45, 7) is 6.47. The van der Waals surface area contributed by atoms with Gasteiger partial charge in [-0.05, 0) is 49.4 Å². The fourth-order valence-corrected chi connectivity index (χ4v) is 6.37. The van der Waals surface area contributed by atoms with Crippen molar-refractivity contribution < 1.29 is 13.2 Å². The summed E-state index contributed by atoms with van der Waals surface area (Å²) in [5.41, 5.74) is 3.01. The quantitative estimate of drug-likeness (QED) is 0.629. The van der Waals surface area contributed by atoms with Gasteiger partial charge in [0.25, 0.3) is 0 Å². The van der Waals surface area contributed by atoms with E-state index in [2.05, 4.69) is 24.1 Å². The average molecular weight is 444 g/mol. The minimum atomic E-state index is -3.73. The molecular weight excluding hydrogens is 418 g/mol. The van der Waals surface area contributed by atoms with Crippen LogP contribution in [0.4, 0.5) is 5.13 Å². The van der Waals surface area contributed by atoms with Crippen LogP contribution in [0.25, 0.3) is 10.2 Å². The Hall–Kier alpha value is -2.29. The second-order valence-electron chi connectivity index (χ2n) is 7.94. The van der Waals surface area contributed by atoms with E-state index in [1.165, 1.54) is 15.6 Å². The van der Waals surface area contributed by atoms with Crippen LogP contribution in [-0.4, -0.2) is 36.2 Å².